The molecule has 0 unspecified atom stereocenters. The molecule has 0 bridgehead atoms. The van der Waals surface area contributed by atoms with Gasteiger partial charge in [0, 0.05) is 32.1 Å². The summed E-state index contributed by atoms with van der Waals surface area (Å²) in [7, 11) is 0. The number of urea groups is 1. The van der Waals surface area contributed by atoms with E-state index in [2.05, 4.69) is 35.6 Å². The summed E-state index contributed by atoms with van der Waals surface area (Å²) in [6, 6.07) is 18.3. The molecule has 0 saturated carbocycles. The molecule has 2 aromatic carbocycles. The molecule has 0 spiro atoms. The summed E-state index contributed by atoms with van der Waals surface area (Å²) in [5, 5.41) is 2.97. The van der Waals surface area contributed by atoms with Crippen molar-refractivity contribution in [2.24, 2.45) is 5.92 Å². The van der Waals surface area contributed by atoms with Crippen molar-refractivity contribution < 1.29 is 23.5 Å². The lowest BCUT2D eigenvalue weighted by molar-refractivity contribution is -0.139. The zero-order valence-corrected chi connectivity index (χ0v) is 20.5. The molecular formula is C28H34FN3O4. The van der Waals surface area contributed by atoms with Crippen molar-refractivity contribution in [3.63, 3.8) is 0 Å². The van der Waals surface area contributed by atoms with Crippen molar-refractivity contribution >= 4 is 11.9 Å². The van der Waals surface area contributed by atoms with Crippen LogP contribution in [0.3, 0.4) is 0 Å². The highest BCUT2D eigenvalue weighted by Crippen LogP contribution is 2.39. The van der Waals surface area contributed by atoms with Crippen molar-refractivity contribution in [1.82, 2.24) is 15.1 Å². The van der Waals surface area contributed by atoms with Crippen LogP contribution >= 0.6 is 0 Å². The molecule has 3 saturated heterocycles. The number of hydrogen-bond acceptors (Lipinski definition) is 4. The third-order valence-electron chi connectivity index (χ3n) is 7.60. The SMILES string of the molecule is O=C1CO[C@H]2CCN(C(=O)N3CCC([C@H](c4ccccc4)c4cccc(OCCF)c4)CC3)C[C@H]2N1. The van der Waals surface area contributed by atoms with Gasteiger partial charge in [-0.05, 0) is 48.4 Å². The molecule has 3 heterocycles. The Morgan fingerprint density at radius 3 is 2.56 bits per heavy atom. The monoisotopic (exact) mass is 495 g/mol. The Morgan fingerprint density at radius 1 is 1.03 bits per heavy atom. The Morgan fingerprint density at radius 2 is 1.78 bits per heavy atom. The Balaban J connectivity index is 1.26. The molecule has 36 heavy (non-hydrogen) atoms. The number of piperidine rings is 2. The summed E-state index contributed by atoms with van der Waals surface area (Å²) < 4.78 is 23.8. The molecule has 3 aliphatic heterocycles. The van der Waals surface area contributed by atoms with Crippen LogP contribution in [0.5, 0.6) is 5.75 Å². The van der Waals surface area contributed by atoms with Gasteiger partial charge in [-0.2, -0.15) is 0 Å². The second kappa shape index (κ2) is 11.3. The maximum atomic E-state index is 13.3. The van der Waals surface area contributed by atoms with Gasteiger partial charge in [0.1, 0.15) is 25.6 Å². The summed E-state index contributed by atoms with van der Waals surface area (Å²) >= 11 is 0. The first-order chi connectivity index (χ1) is 17.6. The van der Waals surface area contributed by atoms with Gasteiger partial charge in [0.15, 0.2) is 0 Å². The van der Waals surface area contributed by atoms with Gasteiger partial charge in [-0.1, -0.05) is 42.5 Å². The Bertz CT molecular complexity index is 1040. The molecule has 3 fully saturated rings. The van der Waals surface area contributed by atoms with Crippen molar-refractivity contribution in [3.8, 4) is 5.75 Å². The number of fused-ring (bicyclic) bond motifs is 1. The van der Waals surface area contributed by atoms with Crippen LogP contribution in [-0.4, -0.2) is 80.0 Å². The molecule has 3 aliphatic rings. The predicted molar refractivity (Wildman–Crippen MR) is 134 cm³/mol. The quantitative estimate of drug-likeness (QED) is 0.665. The molecule has 0 radical (unpaired) electrons. The fourth-order valence-electron chi connectivity index (χ4n) is 5.85. The first kappa shape index (κ1) is 24.6. The summed E-state index contributed by atoms with van der Waals surface area (Å²) in [6.07, 6.45) is 2.51. The molecular weight excluding hydrogens is 461 g/mol. The molecule has 1 N–H and O–H groups in total. The number of carbonyl (C=O) groups is 2. The first-order valence-corrected chi connectivity index (χ1v) is 12.9. The average Bonchev–Trinajstić information content (AvgIpc) is 2.92. The predicted octanol–water partition coefficient (Wildman–Crippen LogP) is 3.59. The van der Waals surface area contributed by atoms with Crippen LogP contribution in [0.25, 0.3) is 0 Å². The van der Waals surface area contributed by atoms with E-state index in [9.17, 15) is 14.0 Å². The molecule has 3 amide bonds. The fraction of sp³-hybridized carbons (Fsp3) is 0.500. The maximum Gasteiger partial charge on any atom is 0.320 e. The number of halogens is 1. The number of benzene rings is 2. The van der Waals surface area contributed by atoms with Gasteiger partial charge in [-0.15, -0.1) is 0 Å². The standard InChI is InChI=1S/C28H34FN3O4/c29-12-16-35-23-8-4-7-22(17-23)27(20-5-2-1-3-6-20)21-9-13-31(14-10-21)28(34)32-15-11-25-24(18-32)30-26(33)19-36-25/h1-8,17,21,24-25,27H,9-16,18-19H2,(H,30,33)/t24-,25+,27+/m1/s1. The third kappa shape index (κ3) is 5.48. The van der Waals surface area contributed by atoms with Gasteiger partial charge in [0.05, 0.1) is 12.1 Å². The second-order valence-corrected chi connectivity index (χ2v) is 9.86. The van der Waals surface area contributed by atoms with Gasteiger partial charge < -0.3 is 24.6 Å². The highest BCUT2D eigenvalue weighted by Gasteiger charge is 2.38. The van der Waals surface area contributed by atoms with Crippen LogP contribution in [-0.2, 0) is 9.53 Å². The second-order valence-electron chi connectivity index (χ2n) is 9.86. The fourth-order valence-corrected chi connectivity index (χ4v) is 5.85. The number of morpholine rings is 1. The number of rotatable bonds is 6. The highest BCUT2D eigenvalue weighted by atomic mass is 19.1. The van der Waals surface area contributed by atoms with Gasteiger partial charge in [-0.25, -0.2) is 9.18 Å². The first-order valence-electron chi connectivity index (χ1n) is 12.9. The minimum Gasteiger partial charge on any atom is -0.491 e. The molecule has 2 aromatic rings. The maximum absolute atomic E-state index is 13.3. The van der Waals surface area contributed by atoms with E-state index in [4.69, 9.17) is 9.47 Å². The van der Waals surface area contributed by atoms with Gasteiger partial charge in [0.25, 0.3) is 0 Å². The van der Waals surface area contributed by atoms with E-state index in [0.717, 1.165) is 24.8 Å². The number of nitrogens with zero attached hydrogens (tertiary/aromatic N) is 2. The van der Waals surface area contributed by atoms with Crippen LogP contribution in [0.2, 0.25) is 0 Å². The lowest BCUT2D eigenvalue weighted by Gasteiger charge is -2.44. The molecule has 7 nitrogen and oxygen atoms in total. The number of alkyl halides is 1. The van der Waals surface area contributed by atoms with Crippen LogP contribution in [0.1, 0.15) is 36.3 Å². The van der Waals surface area contributed by atoms with Gasteiger partial charge >= 0.3 is 6.03 Å². The number of ether oxygens (including phenoxy) is 2. The van der Waals surface area contributed by atoms with E-state index in [1.165, 1.54) is 5.56 Å². The highest BCUT2D eigenvalue weighted by molar-refractivity contribution is 5.79. The van der Waals surface area contributed by atoms with Crippen LogP contribution in [0, 0.1) is 5.92 Å². The van der Waals surface area contributed by atoms with Crippen molar-refractivity contribution in [2.75, 3.05) is 46.1 Å². The third-order valence-corrected chi connectivity index (χ3v) is 7.60. The summed E-state index contributed by atoms with van der Waals surface area (Å²) in [4.78, 5) is 28.9. The van der Waals surface area contributed by atoms with E-state index < -0.39 is 6.67 Å². The summed E-state index contributed by atoms with van der Waals surface area (Å²) in [5.74, 6) is 1.10. The minimum atomic E-state index is -0.517. The van der Waals surface area contributed by atoms with Crippen molar-refractivity contribution in [1.29, 1.82) is 0 Å². The van der Waals surface area contributed by atoms with Gasteiger partial charge in [0.2, 0.25) is 5.91 Å². The molecule has 3 atom stereocenters. The number of hydrogen-bond donors (Lipinski definition) is 1. The number of likely N-dealkylation sites (tertiary alicyclic amines) is 2. The van der Waals surface area contributed by atoms with Gasteiger partial charge in [-0.3, -0.25) is 4.79 Å². The molecule has 5 rings (SSSR count). The van der Waals surface area contributed by atoms with Crippen molar-refractivity contribution in [2.45, 2.75) is 37.3 Å². The van der Waals surface area contributed by atoms with E-state index in [0.29, 0.717) is 37.8 Å². The Hall–Kier alpha value is -3.13. The lowest BCUT2D eigenvalue weighted by atomic mass is 9.76. The normalized spacial score (nSPS) is 23.5. The minimum absolute atomic E-state index is 0.00577. The summed E-state index contributed by atoms with van der Waals surface area (Å²) in [6.45, 7) is 2.17. The average molecular weight is 496 g/mol. The number of nitrogens with one attached hydrogen (secondary N) is 1. The van der Waals surface area contributed by atoms with E-state index in [1.54, 1.807) is 0 Å². The number of carbonyl (C=O) groups excluding carboxylic acids is 2. The zero-order valence-electron chi connectivity index (χ0n) is 20.5. The molecule has 192 valence electrons. The van der Waals surface area contributed by atoms with Crippen molar-refractivity contribution in [3.05, 3.63) is 65.7 Å². The van der Waals surface area contributed by atoms with E-state index >= 15 is 0 Å². The largest absolute Gasteiger partial charge is 0.491 e. The molecule has 0 aromatic heterocycles. The number of amides is 3. The van der Waals surface area contributed by atoms with Crippen LogP contribution in [0.15, 0.2) is 54.6 Å². The zero-order chi connectivity index (χ0) is 24.9. The Labute approximate surface area is 211 Å². The topological polar surface area (TPSA) is 71.1 Å². The Kier molecular flexibility index (Phi) is 7.70. The van der Waals surface area contributed by atoms with E-state index in [1.807, 2.05) is 34.1 Å². The lowest BCUT2D eigenvalue weighted by Crippen LogP contribution is -2.62. The molecule has 8 heteroatoms. The molecule has 0 aliphatic carbocycles. The smallest absolute Gasteiger partial charge is 0.320 e. The van der Waals surface area contributed by atoms with Crippen LogP contribution in [0.4, 0.5) is 9.18 Å². The van der Waals surface area contributed by atoms with Crippen LogP contribution < -0.4 is 10.1 Å². The summed E-state index contributed by atoms with van der Waals surface area (Å²) in [5.41, 5.74) is 2.39. The van der Waals surface area contributed by atoms with E-state index in [-0.39, 0.29) is 43.2 Å².